The fraction of sp³-hybridized carbons (Fsp3) is 0.615. The smallest absolute Gasteiger partial charge is 0.224 e. The number of aromatic nitrogens is 2. The molecule has 1 heterocycles. The van der Waals surface area contributed by atoms with Crippen molar-refractivity contribution in [1.82, 2.24) is 15.5 Å². The summed E-state index contributed by atoms with van der Waals surface area (Å²) in [6, 6.07) is 3.62. The molecule has 1 aromatic rings. The normalized spacial score (nSPS) is 13.1. The van der Waals surface area contributed by atoms with Gasteiger partial charge in [0.2, 0.25) is 5.91 Å². The van der Waals surface area contributed by atoms with E-state index in [0.717, 1.165) is 12.1 Å². The highest BCUT2D eigenvalue weighted by molar-refractivity contribution is 5.78. The van der Waals surface area contributed by atoms with Crippen LogP contribution in [-0.2, 0) is 11.3 Å². The lowest BCUT2D eigenvalue weighted by atomic mass is 9.84. The van der Waals surface area contributed by atoms with Crippen molar-refractivity contribution in [2.75, 3.05) is 6.54 Å². The first-order valence-electron chi connectivity index (χ1n) is 6.17. The fourth-order valence-electron chi connectivity index (χ4n) is 1.77. The SMILES string of the molecule is CC(C)(C)CC(CN)C(=O)NCc1cccnn1. The monoisotopic (exact) mass is 250 g/mol. The lowest BCUT2D eigenvalue weighted by Crippen LogP contribution is -2.37. The zero-order chi connectivity index (χ0) is 13.6. The van der Waals surface area contributed by atoms with E-state index in [1.165, 1.54) is 0 Å². The van der Waals surface area contributed by atoms with Crippen LogP contribution in [0.15, 0.2) is 18.3 Å². The summed E-state index contributed by atoms with van der Waals surface area (Å²) in [7, 11) is 0. The van der Waals surface area contributed by atoms with Crippen molar-refractivity contribution in [3.8, 4) is 0 Å². The zero-order valence-corrected chi connectivity index (χ0v) is 11.3. The zero-order valence-electron chi connectivity index (χ0n) is 11.3. The van der Waals surface area contributed by atoms with Gasteiger partial charge in [-0.1, -0.05) is 20.8 Å². The van der Waals surface area contributed by atoms with Crippen LogP contribution in [-0.4, -0.2) is 22.6 Å². The van der Waals surface area contributed by atoms with Crippen LogP contribution in [0.2, 0.25) is 0 Å². The first-order chi connectivity index (χ1) is 8.42. The van der Waals surface area contributed by atoms with Crippen LogP contribution in [0.25, 0.3) is 0 Å². The molecule has 1 amide bonds. The average molecular weight is 250 g/mol. The summed E-state index contributed by atoms with van der Waals surface area (Å²) in [5.74, 6) is -0.167. The van der Waals surface area contributed by atoms with Gasteiger partial charge in [0.15, 0.2) is 0 Å². The Morgan fingerprint density at radius 3 is 2.72 bits per heavy atom. The molecule has 0 bridgehead atoms. The van der Waals surface area contributed by atoms with E-state index in [1.807, 2.05) is 6.07 Å². The maximum Gasteiger partial charge on any atom is 0.224 e. The molecule has 1 unspecified atom stereocenters. The minimum absolute atomic E-state index is 0.0157. The maximum absolute atomic E-state index is 12.0. The molecule has 0 saturated heterocycles. The number of nitrogens with two attached hydrogens (primary N) is 1. The third kappa shape index (κ3) is 5.23. The summed E-state index contributed by atoms with van der Waals surface area (Å²) in [4.78, 5) is 12.0. The number of carbonyl (C=O) groups is 1. The minimum atomic E-state index is -0.151. The van der Waals surface area contributed by atoms with Crippen molar-refractivity contribution in [3.05, 3.63) is 24.0 Å². The van der Waals surface area contributed by atoms with Crippen LogP contribution in [0.4, 0.5) is 0 Å². The quantitative estimate of drug-likeness (QED) is 0.820. The molecule has 0 spiro atoms. The Kier molecular flexibility index (Phi) is 5.22. The Bertz CT molecular complexity index is 372. The van der Waals surface area contributed by atoms with E-state index in [0.29, 0.717) is 13.1 Å². The van der Waals surface area contributed by atoms with Gasteiger partial charge in [-0.05, 0) is 24.0 Å². The number of amides is 1. The number of hydrogen-bond donors (Lipinski definition) is 2. The van der Waals surface area contributed by atoms with E-state index < -0.39 is 0 Å². The van der Waals surface area contributed by atoms with E-state index >= 15 is 0 Å². The second kappa shape index (κ2) is 6.44. The molecule has 3 N–H and O–H groups in total. The van der Waals surface area contributed by atoms with Gasteiger partial charge in [0.1, 0.15) is 0 Å². The molecular formula is C13H22N4O. The molecule has 18 heavy (non-hydrogen) atoms. The highest BCUT2D eigenvalue weighted by atomic mass is 16.1. The average Bonchev–Trinajstić information content (AvgIpc) is 2.33. The largest absolute Gasteiger partial charge is 0.350 e. The third-order valence-corrected chi connectivity index (χ3v) is 2.59. The molecule has 100 valence electrons. The van der Waals surface area contributed by atoms with Crippen molar-refractivity contribution in [3.63, 3.8) is 0 Å². The lowest BCUT2D eigenvalue weighted by Gasteiger charge is -2.24. The van der Waals surface area contributed by atoms with Gasteiger partial charge in [0.05, 0.1) is 18.2 Å². The van der Waals surface area contributed by atoms with Crippen LogP contribution in [0, 0.1) is 11.3 Å². The molecule has 0 aromatic carbocycles. The Morgan fingerprint density at radius 2 is 2.22 bits per heavy atom. The van der Waals surface area contributed by atoms with Crippen molar-refractivity contribution in [2.24, 2.45) is 17.1 Å². The van der Waals surface area contributed by atoms with Crippen LogP contribution in [0.1, 0.15) is 32.9 Å². The second-order valence-corrected chi connectivity index (χ2v) is 5.63. The number of carbonyl (C=O) groups excluding carboxylic acids is 1. The van der Waals surface area contributed by atoms with Crippen molar-refractivity contribution >= 4 is 5.91 Å². The summed E-state index contributed by atoms with van der Waals surface area (Å²) >= 11 is 0. The molecule has 0 aliphatic heterocycles. The number of rotatable bonds is 5. The first kappa shape index (κ1) is 14.6. The van der Waals surface area contributed by atoms with Crippen molar-refractivity contribution < 1.29 is 4.79 Å². The molecule has 1 atom stereocenters. The molecule has 5 nitrogen and oxygen atoms in total. The minimum Gasteiger partial charge on any atom is -0.350 e. The van der Waals surface area contributed by atoms with E-state index in [-0.39, 0.29) is 17.2 Å². The molecule has 0 aliphatic rings. The Labute approximate surface area is 108 Å². The number of nitrogens with zero attached hydrogens (tertiary/aromatic N) is 2. The highest BCUT2D eigenvalue weighted by Gasteiger charge is 2.23. The molecule has 1 rings (SSSR count). The summed E-state index contributed by atoms with van der Waals surface area (Å²) in [5, 5.41) is 10.5. The van der Waals surface area contributed by atoms with Crippen molar-refractivity contribution in [1.29, 1.82) is 0 Å². The summed E-state index contributed by atoms with van der Waals surface area (Å²) in [6.07, 6.45) is 2.38. The Morgan fingerprint density at radius 1 is 1.50 bits per heavy atom. The molecular weight excluding hydrogens is 228 g/mol. The lowest BCUT2D eigenvalue weighted by molar-refractivity contribution is -0.125. The topological polar surface area (TPSA) is 80.9 Å². The van der Waals surface area contributed by atoms with Gasteiger partial charge in [0.25, 0.3) is 0 Å². The molecule has 5 heteroatoms. The van der Waals surface area contributed by atoms with E-state index in [4.69, 9.17) is 5.73 Å². The fourth-order valence-corrected chi connectivity index (χ4v) is 1.77. The van der Waals surface area contributed by atoms with E-state index in [1.54, 1.807) is 12.3 Å². The first-order valence-corrected chi connectivity index (χ1v) is 6.17. The van der Waals surface area contributed by atoms with Gasteiger partial charge in [-0.15, -0.1) is 0 Å². The third-order valence-electron chi connectivity index (χ3n) is 2.59. The standard InChI is InChI=1S/C13H22N4O/c1-13(2,3)7-10(8-14)12(18)15-9-11-5-4-6-16-17-11/h4-6,10H,7-9,14H2,1-3H3,(H,15,18). The number of nitrogens with one attached hydrogen (secondary N) is 1. The van der Waals surface area contributed by atoms with Crippen LogP contribution < -0.4 is 11.1 Å². The van der Waals surface area contributed by atoms with Crippen LogP contribution >= 0.6 is 0 Å². The Hall–Kier alpha value is -1.49. The summed E-state index contributed by atoms with van der Waals surface area (Å²) in [6.45, 7) is 7.07. The summed E-state index contributed by atoms with van der Waals surface area (Å²) in [5.41, 5.74) is 6.50. The van der Waals surface area contributed by atoms with Gasteiger partial charge in [-0.2, -0.15) is 10.2 Å². The van der Waals surface area contributed by atoms with Gasteiger partial charge in [-0.25, -0.2) is 0 Å². The highest BCUT2D eigenvalue weighted by Crippen LogP contribution is 2.23. The second-order valence-electron chi connectivity index (χ2n) is 5.63. The Balaban J connectivity index is 2.48. The van der Waals surface area contributed by atoms with Crippen LogP contribution in [0.3, 0.4) is 0 Å². The van der Waals surface area contributed by atoms with Gasteiger partial charge in [0, 0.05) is 12.7 Å². The van der Waals surface area contributed by atoms with Gasteiger partial charge >= 0.3 is 0 Å². The molecule has 0 aliphatic carbocycles. The van der Waals surface area contributed by atoms with Crippen molar-refractivity contribution in [2.45, 2.75) is 33.7 Å². The number of hydrogen-bond acceptors (Lipinski definition) is 4. The van der Waals surface area contributed by atoms with E-state index in [9.17, 15) is 4.79 Å². The molecule has 0 saturated carbocycles. The van der Waals surface area contributed by atoms with Gasteiger partial charge < -0.3 is 11.1 Å². The molecule has 1 aromatic heterocycles. The predicted octanol–water partition coefficient (Wildman–Crippen LogP) is 1.10. The summed E-state index contributed by atoms with van der Waals surface area (Å²) < 4.78 is 0. The van der Waals surface area contributed by atoms with E-state index in [2.05, 4.69) is 36.3 Å². The maximum atomic E-state index is 12.0. The van der Waals surface area contributed by atoms with Gasteiger partial charge in [-0.3, -0.25) is 4.79 Å². The predicted molar refractivity (Wildman–Crippen MR) is 70.5 cm³/mol. The molecule has 0 fully saturated rings. The molecule has 0 radical (unpaired) electrons. The van der Waals surface area contributed by atoms with Crippen LogP contribution in [0.5, 0.6) is 0 Å².